The first kappa shape index (κ1) is 19.9. The molecule has 2 aromatic heterocycles. The van der Waals surface area contributed by atoms with Gasteiger partial charge in [-0.1, -0.05) is 23.7 Å². The Bertz CT molecular complexity index is 987. The molecule has 0 aliphatic heterocycles. The number of para-hydroxylation sites is 1. The first-order chi connectivity index (χ1) is 13.1. The highest BCUT2D eigenvalue weighted by molar-refractivity contribution is 6.32. The number of benzene rings is 1. The molecule has 12 heteroatoms. The van der Waals surface area contributed by atoms with Crippen molar-refractivity contribution < 1.29 is 35.5 Å². The van der Waals surface area contributed by atoms with Crippen molar-refractivity contribution in [2.75, 3.05) is 0 Å². The SMILES string of the molecule is FC(F)(F)c1cnc(-c2nnc(COc3ccccc3C(F)(F)F)o2)c(Cl)c1. The largest absolute Gasteiger partial charge is 0.483 e. The van der Waals surface area contributed by atoms with E-state index in [2.05, 4.69) is 15.2 Å². The summed E-state index contributed by atoms with van der Waals surface area (Å²) in [6.07, 6.45) is -8.70. The zero-order valence-corrected chi connectivity index (χ0v) is 14.2. The number of pyridine rings is 1. The van der Waals surface area contributed by atoms with Gasteiger partial charge in [-0.25, -0.2) is 4.98 Å². The molecule has 0 aliphatic rings. The maximum absolute atomic E-state index is 12.9. The molecule has 0 atom stereocenters. The predicted octanol–water partition coefficient (Wildman–Crippen LogP) is 5.40. The highest BCUT2D eigenvalue weighted by Crippen LogP contribution is 2.36. The Morgan fingerprint density at radius 3 is 2.36 bits per heavy atom. The lowest BCUT2D eigenvalue weighted by Crippen LogP contribution is -2.08. The Balaban J connectivity index is 1.78. The molecule has 3 aromatic rings. The fraction of sp³-hybridized carbons (Fsp3) is 0.188. The van der Waals surface area contributed by atoms with Crippen molar-refractivity contribution in [1.29, 1.82) is 0 Å². The van der Waals surface area contributed by atoms with Gasteiger partial charge in [0.15, 0.2) is 6.61 Å². The summed E-state index contributed by atoms with van der Waals surface area (Å²) in [6, 6.07) is 5.17. The van der Waals surface area contributed by atoms with Gasteiger partial charge >= 0.3 is 12.4 Å². The molecule has 2 heterocycles. The molecule has 0 radical (unpaired) electrons. The Morgan fingerprint density at radius 2 is 1.71 bits per heavy atom. The lowest BCUT2D eigenvalue weighted by molar-refractivity contribution is -0.139. The maximum Gasteiger partial charge on any atom is 0.419 e. The van der Waals surface area contributed by atoms with E-state index in [-0.39, 0.29) is 22.5 Å². The molecule has 5 nitrogen and oxygen atoms in total. The van der Waals surface area contributed by atoms with Gasteiger partial charge in [0.2, 0.25) is 0 Å². The minimum Gasteiger partial charge on any atom is -0.483 e. The van der Waals surface area contributed by atoms with Gasteiger partial charge in [0.1, 0.15) is 11.4 Å². The van der Waals surface area contributed by atoms with Crippen molar-refractivity contribution in [3.05, 3.63) is 58.6 Å². The van der Waals surface area contributed by atoms with Gasteiger partial charge < -0.3 is 9.15 Å². The minimum absolute atomic E-state index is 0.205. The number of alkyl halides is 6. The van der Waals surface area contributed by atoms with E-state index in [4.69, 9.17) is 20.8 Å². The summed E-state index contributed by atoms with van der Waals surface area (Å²) in [5.41, 5.74) is -2.25. The lowest BCUT2D eigenvalue weighted by Gasteiger charge is -2.12. The molecule has 0 amide bonds. The second-order valence-electron chi connectivity index (χ2n) is 5.34. The van der Waals surface area contributed by atoms with E-state index in [0.717, 1.165) is 12.1 Å². The summed E-state index contributed by atoms with van der Waals surface area (Å²) >= 11 is 5.78. The lowest BCUT2D eigenvalue weighted by atomic mass is 10.2. The van der Waals surface area contributed by atoms with E-state index in [1.165, 1.54) is 12.1 Å². The third-order valence-corrected chi connectivity index (χ3v) is 3.67. The number of aromatic nitrogens is 3. The number of rotatable bonds is 4. The molecule has 0 bridgehead atoms. The Kier molecular flexibility index (Phi) is 5.20. The number of nitrogens with zero attached hydrogens (tertiary/aromatic N) is 3. The maximum atomic E-state index is 12.9. The average molecular weight is 424 g/mol. The van der Waals surface area contributed by atoms with Gasteiger partial charge in [-0.3, -0.25) is 0 Å². The van der Waals surface area contributed by atoms with Crippen LogP contribution in [0, 0.1) is 0 Å². The number of ether oxygens (including phenoxy) is 1. The number of halogens is 7. The van der Waals surface area contributed by atoms with Crippen molar-refractivity contribution in [1.82, 2.24) is 15.2 Å². The highest BCUT2D eigenvalue weighted by atomic mass is 35.5. The van der Waals surface area contributed by atoms with E-state index in [9.17, 15) is 26.3 Å². The van der Waals surface area contributed by atoms with Crippen LogP contribution in [0.5, 0.6) is 5.75 Å². The van der Waals surface area contributed by atoms with Crippen molar-refractivity contribution in [3.63, 3.8) is 0 Å². The number of hydrogen-bond acceptors (Lipinski definition) is 5. The fourth-order valence-corrected chi connectivity index (χ4v) is 2.37. The molecular formula is C16H8ClF6N3O2. The molecule has 0 saturated heterocycles. The zero-order valence-electron chi connectivity index (χ0n) is 13.5. The molecule has 0 fully saturated rings. The van der Waals surface area contributed by atoms with Crippen LogP contribution >= 0.6 is 11.6 Å². The monoisotopic (exact) mass is 423 g/mol. The van der Waals surface area contributed by atoms with Crippen LogP contribution in [-0.4, -0.2) is 15.2 Å². The molecule has 0 unspecified atom stereocenters. The smallest absolute Gasteiger partial charge is 0.419 e. The molecule has 148 valence electrons. The standard InChI is InChI=1S/C16H8ClF6N3O2/c17-10-5-8(15(18,19)20)6-24-13(10)14-26-25-12(28-14)7-27-11-4-2-1-3-9(11)16(21,22)23/h1-6H,7H2. The third kappa shape index (κ3) is 4.35. The van der Waals surface area contributed by atoms with E-state index < -0.39 is 35.8 Å². The van der Waals surface area contributed by atoms with Gasteiger partial charge in [-0.15, -0.1) is 10.2 Å². The van der Waals surface area contributed by atoms with Crippen LogP contribution in [0.4, 0.5) is 26.3 Å². The van der Waals surface area contributed by atoms with Crippen molar-refractivity contribution >= 4 is 11.6 Å². The molecule has 0 N–H and O–H groups in total. The van der Waals surface area contributed by atoms with Crippen LogP contribution in [0.3, 0.4) is 0 Å². The average Bonchev–Trinajstić information content (AvgIpc) is 3.07. The molecule has 1 aromatic carbocycles. The Morgan fingerprint density at radius 1 is 1.00 bits per heavy atom. The van der Waals surface area contributed by atoms with Crippen LogP contribution in [0.15, 0.2) is 40.9 Å². The topological polar surface area (TPSA) is 61.0 Å². The van der Waals surface area contributed by atoms with Crippen LogP contribution in [0.25, 0.3) is 11.6 Å². The van der Waals surface area contributed by atoms with E-state index in [1.807, 2.05) is 0 Å². The van der Waals surface area contributed by atoms with Crippen LogP contribution in [0.1, 0.15) is 17.0 Å². The first-order valence-electron chi connectivity index (χ1n) is 7.40. The van der Waals surface area contributed by atoms with Crippen molar-refractivity contribution in [3.8, 4) is 17.3 Å². The summed E-state index contributed by atoms with van der Waals surface area (Å²) in [4.78, 5) is 3.56. The summed E-state index contributed by atoms with van der Waals surface area (Å²) in [7, 11) is 0. The molecule has 0 saturated carbocycles. The summed E-state index contributed by atoms with van der Waals surface area (Å²) in [6.45, 7) is -0.502. The molecule has 28 heavy (non-hydrogen) atoms. The summed E-state index contributed by atoms with van der Waals surface area (Å²) < 4.78 is 86.9. The van der Waals surface area contributed by atoms with Gasteiger partial charge in [0, 0.05) is 6.20 Å². The van der Waals surface area contributed by atoms with Crippen LogP contribution in [-0.2, 0) is 19.0 Å². The van der Waals surface area contributed by atoms with E-state index in [0.29, 0.717) is 12.3 Å². The van der Waals surface area contributed by atoms with Gasteiger partial charge in [-0.05, 0) is 18.2 Å². The highest BCUT2D eigenvalue weighted by Gasteiger charge is 2.34. The predicted molar refractivity (Wildman–Crippen MR) is 83.3 cm³/mol. The Hall–Kier alpha value is -2.82. The second kappa shape index (κ2) is 7.30. The van der Waals surface area contributed by atoms with Crippen molar-refractivity contribution in [2.24, 2.45) is 0 Å². The van der Waals surface area contributed by atoms with E-state index >= 15 is 0 Å². The second-order valence-corrected chi connectivity index (χ2v) is 5.74. The quantitative estimate of drug-likeness (QED) is 0.526. The van der Waals surface area contributed by atoms with Crippen LogP contribution < -0.4 is 4.74 Å². The summed E-state index contributed by atoms with van der Waals surface area (Å²) in [5, 5.41) is 6.76. The third-order valence-electron chi connectivity index (χ3n) is 3.38. The van der Waals surface area contributed by atoms with Gasteiger partial charge in [0.05, 0.1) is 16.1 Å². The summed E-state index contributed by atoms with van der Waals surface area (Å²) in [5.74, 6) is -0.966. The zero-order chi connectivity index (χ0) is 20.5. The van der Waals surface area contributed by atoms with Gasteiger partial charge in [0.25, 0.3) is 11.8 Å². The number of hydrogen-bond donors (Lipinski definition) is 0. The minimum atomic E-state index is -4.63. The fourth-order valence-electron chi connectivity index (χ4n) is 2.12. The normalized spacial score (nSPS) is 12.2. The first-order valence-corrected chi connectivity index (χ1v) is 7.78. The van der Waals surface area contributed by atoms with Crippen LogP contribution in [0.2, 0.25) is 5.02 Å². The van der Waals surface area contributed by atoms with Crippen molar-refractivity contribution in [2.45, 2.75) is 19.0 Å². The molecular weight excluding hydrogens is 416 g/mol. The van der Waals surface area contributed by atoms with Gasteiger partial charge in [-0.2, -0.15) is 26.3 Å². The molecule has 0 aliphatic carbocycles. The Labute approximate surface area is 157 Å². The van der Waals surface area contributed by atoms with E-state index in [1.54, 1.807) is 0 Å². The molecule has 0 spiro atoms. The molecule has 3 rings (SSSR count).